The summed E-state index contributed by atoms with van der Waals surface area (Å²) in [5.74, 6) is -1.09. The first-order chi connectivity index (χ1) is 12.5. The molecule has 0 aromatic heterocycles. The van der Waals surface area contributed by atoms with Crippen LogP contribution >= 0.6 is 0 Å². The summed E-state index contributed by atoms with van der Waals surface area (Å²) in [6, 6.07) is 23.4. The van der Waals surface area contributed by atoms with Gasteiger partial charge >= 0.3 is 5.97 Å². The second-order valence-electron chi connectivity index (χ2n) is 6.56. The second kappa shape index (κ2) is 7.44. The Bertz CT molecular complexity index is 916. The molecule has 0 saturated heterocycles. The third kappa shape index (κ3) is 3.47. The summed E-state index contributed by atoms with van der Waals surface area (Å²) in [5, 5.41) is 19.0. The molecule has 3 aromatic rings. The lowest BCUT2D eigenvalue weighted by atomic mass is 9.82. The topological polar surface area (TPSA) is 57.5 Å². The van der Waals surface area contributed by atoms with Gasteiger partial charge in [-0.2, -0.15) is 0 Å². The molecule has 0 aliphatic carbocycles. The molecule has 3 rings (SSSR count). The zero-order chi connectivity index (χ0) is 18.7. The van der Waals surface area contributed by atoms with Gasteiger partial charge in [-0.1, -0.05) is 74.5 Å². The monoisotopic (exact) mass is 346 g/mol. The fourth-order valence-electron chi connectivity index (χ4n) is 3.39. The maximum Gasteiger partial charge on any atom is 0.339 e. The van der Waals surface area contributed by atoms with Crippen molar-refractivity contribution in [1.82, 2.24) is 0 Å². The molecule has 3 heteroatoms. The highest BCUT2D eigenvalue weighted by Gasteiger charge is 2.19. The van der Waals surface area contributed by atoms with Gasteiger partial charge in [0, 0.05) is 11.8 Å². The van der Waals surface area contributed by atoms with Gasteiger partial charge in [0.05, 0.1) is 0 Å². The number of hydrogen-bond acceptors (Lipinski definition) is 2. The first-order valence-corrected chi connectivity index (χ1v) is 8.69. The van der Waals surface area contributed by atoms with Crippen LogP contribution in [0.3, 0.4) is 0 Å². The molecule has 0 amide bonds. The molecule has 2 unspecified atom stereocenters. The Labute approximate surface area is 153 Å². The molecule has 0 bridgehead atoms. The van der Waals surface area contributed by atoms with E-state index in [0.717, 1.165) is 11.1 Å². The zero-order valence-electron chi connectivity index (χ0n) is 14.9. The number of rotatable bonds is 5. The number of hydrogen-bond donors (Lipinski definition) is 2. The zero-order valence-corrected chi connectivity index (χ0v) is 14.9. The minimum atomic E-state index is -1.12. The second-order valence-corrected chi connectivity index (χ2v) is 6.56. The van der Waals surface area contributed by atoms with Crippen molar-refractivity contribution in [3.63, 3.8) is 0 Å². The first kappa shape index (κ1) is 17.7. The van der Waals surface area contributed by atoms with E-state index in [1.54, 1.807) is 12.1 Å². The molecule has 0 saturated carbocycles. The predicted molar refractivity (Wildman–Crippen MR) is 103 cm³/mol. The fourth-order valence-corrected chi connectivity index (χ4v) is 3.39. The van der Waals surface area contributed by atoms with Gasteiger partial charge in [-0.3, -0.25) is 0 Å². The maximum absolute atomic E-state index is 11.3. The quantitative estimate of drug-likeness (QED) is 0.651. The summed E-state index contributed by atoms with van der Waals surface area (Å²) in [7, 11) is 0. The first-order valence-electron chi connectivity index (χ1n) is 8.69. The third-order valence-corrected chi connectivity index (χ3v) is 4.98. The molecule has 0 fully saturated rings. The molecular weight excluding hydrogens is 324 g/mol. The Morgan fingerprint density at radius 2 is 1.31 bits per heavy atom. The van der Waals surface area contributed by atoms with Crippen molar-refractivity contribution in [2.45, 2.75) is 25.7 Å². The Hall–Kier alpha value is -3.07. The van der Waals surface area contributed by atoms with Crippen LogP contribution in [0.1, 0.15) is 58.3 Å². The number of aromatic hydroxyl groups is 1. The number of aromatic carboxylic acids is 1. The van der Waals surface area contributed by atoms with Crippen molar-refractivity contribution < 1.29 is 15.0 Å². The minimum absolute atomic E-state index is 0.0102. The van der Waals surface area contributed by atoms with Gasteiger partial charge in [0.15, 0.2) is 0 Å². The molecule has 0 heterocycles. The van der Waals surface area contributed by atoms with Crippen LogP contribution in [0.2, 0.25) is 0 Å². The Morgan fingerprint density at radius 3 is 1.88 bits per heavy atom. The lowest BCUT2D eigenvalue weighted by molar-refractivity contribution is 0.0693. The Kier molecular flexibility index (Phi) is 5.08. The Morgan fingerprint density at radius 1 is 0.769 bits per heavy atom. The summed E-state index contributed by atoms with van der Waals surface area (Å²) in [6.07, 6.45) is 0. The van der Waals surface area contributed by atoms with E-state index in [-0.39, 0.29) is 23.1 Å². The molecule has 2 atom stereocenters. The van der Waals surface area contributed by atoms with Crippen molar-refractivity contribution in [1.29, 1.82) is 0 Å². The molecule has 2 N–H and O–H groups in total. The van der Waals surface area contributed by atoms with E-state index < -0.39 is 5.97 Å². The molecule has 0 aliphatic rings. The molecule has 3 nitrogen and oxygen atoms in total. The van der Waals surface area contributed by atoms with Gasteiger partial charge in [0.1, 0.15) is 11.3 Å². The summed E-state index contributed by atoms with van der Waals surface area (Å²) < 4.78 is 0. The van der Waals surface area contributed by atoms with E-state index in [1.807, 2.05) is 30.3 Å². The van der Waals surface area contributed by atoms with Crippen LogP contribution in [0, 0.1) is 0 Å². The molecule has 132 valence electrons. The van der Waals surface area contributed by atoms with Gasteiger partial charge in [0.2, 0.25) is 0 Å². The van der Waals surface area contributed by atoms with Crippen LogP contribution in [-0.4, -0.2) is 16.2 Å². The molecule has 0 radical (unpaired) electrons. The van der Waals surface area contributed by atoms with Crippen molar-refractivity contribution in [3.8, 4) is 5.75 Å². The van der Waals surface area contributed by atoms with Crippen LogP contribution in [0.25, 0.3) is 0 Å². The van der Waals surface area contributed by atoms with Gasteiger partial charge < -0.3 is 10.2 Å². The van der Waals surface area contributed by atoms with Gasteiger partial charge in [-0.15, -0.1) is 0 Å². The number of carbonyl (C=O) groups is 1. The van der Waals surface area contributed by atoms with Crippen LogP contribution in [0.15, 0.2) is 72.8 Å². The third-order valence-electron chi connectivity index (χ3n) is 4.98. The fraction of sp³-hybridized carbons (Fsp3) is 0.174. The lowest BCUT2D eigenvalue weighted by Crippen LogP contribution is -2.06. The number of carboxylic acid groups (broad SMARTS) is 1. The van der Waals surface area contributed by atoms with Crippen molar-refractivity contribution in [2.75, 3.05) is 0 Å². The summed E-state index contributed by atoms with van der Waals surface area (Å²) in [6.45, 7) is 4.24. The molecular formula is C23H22O3. The molecule has 26 heavy (non-hydrogen) atoms. The summed E-state index contributed by atoms with van der Waals surface area (Å²) in [4.78, 5) is 11.3. The molecule has 0 aliphatic heterocycles. The van der Waals surface area contributed by atoms with Crippen LogP contribution in [0.4, 0.5) is 0 Å². The average Bonchev–Trinajstić information content (AvgIpc) is 2.67. The smallest absolute Gasteiger partial charge is 0.339 e. The predicted octanol–water partition coefficient (Wildman–Crippen LogP) is 5.39. The number of phenols is 1. The maximum atomic E-state index is 11.3. The number of carboxylic acids is 1. The highest BCUT2D eigenvalue weighted by atomic mass is 16.4. The SMILES string of the molecule is CC(c1ccccc1)c1ccccc1C(C)c1ccc(O)c(C(=O)O)c1. The van der Waals surface area contributed by atoms with E-state index >= 15 is 0 Å². The van der Waals surface area contributed by atoms with Crippen LogP contribution in [-0.2, 0) is 0 Å². The van der Waals surface area contributed by atoms with Crippen molar-refractivity contribution >= 4 is 5.97 Å². The van der Waals surface area contributed by atoms with Gasteiger partial charge in [0.25, 0.3) is 0 Å². The standard InChI is InChI=1S/C23H22O3/c1-15(17-8-4-3-5-9-17)19-10-6-7-11-20(19)16(2)18-12-13-22(24)21(14-18)23(25)26/h3-16,24H,1-2H3,(H,25,26). The molecule has 0 spiro atoms. The number of benzene rings is 3. The van der Waals surface area contributed by atoms with Crippen molar-refractivity contribution in [2.24, 2.45) is 0 Å². The minimum Gasteiger partial charge on any atom is -0.507 e. The lowest BCUT2D eigenvalue weighted by Gasteiger charge is -2.22. The molecule has 3 aromatic carbocycles. The van der Waals surface area contributed by atoms with Gasteiger partial charge in [-0.25, -0.2) is 4.79 Å². The highest BCUT2D eigenvalue weighted by molar-refractivity contribution is 5.91. The van der Waals surface area contributed by atoms with E-state index in [2.05, 4.69) is 38.1 Å². The van der Waals surface area contributed by atoms with E-state index in [1.165, 1.54) is 17.2 Å². The van der Waals surface area contributed by atoms with Crippen LogP contribution in [0.5, 0.6) is 5.75 Å². The van der Waals surface area contributed by atoms with E-state index in [0.29, 0.717) is 0 Å². The Balaban J connectivity index is 2.03. The average molecular weight is 346 g/mol. The van der Waals surface area contributed by atoms with E-state index in [4.69, 9.17) is 0 Å². The highest BCUT2D eigenvalue weighted by Crippen LogP contribution is 2.35. The van der Waals surface area contributed by atoms with Crippen LogP contribution < -0.4 is 0 Å². The largest absolute Gasteiger partial charge is 0.507 e. The van der Waals surface area contributed by atoms with E-state index in [9.17, 15) is 15.0 Å². The summed E-state index contributed by atoms with van der Waals surface area (Å²) in [5.41, 5.74) is 4.42. The summed E-state index contributed by atoms with van der Waals surface area (Å²) >= 11 is 0. The normalized spacial score (nSPS) is 13.2. The van der Waals surface area contributed by atoms with Crippen molar-refractivity contribution in [3.05, 3.63) is 101 Å². The van der Waals surface area contributed by atoms with Gasteiger partial charge in [-0.05, 0) is 34.4 Å².